The van der Waals surface area contributed by atoms with Gasteiger partial charge in [-0.3, -0.25) is 4.98 Å². The molecule has 2 aromatic rings. The lowest BCUT2D eigenvalue weighted by atomic mass is 10.3. The van der Waals surface area contributed by atoms with E-state index in [1.807, 2.05) is 24.3 Å². The molecule has 0 aliphatic rings. The predicted molar refractivity (Wildman–Crippen MR) is 71.2 cm³/mol. The summed E-state index contributed by atoms with van der Waals surface area (Å²) in [7, 11) is 0. The van der Waals surface area contributed by atoms with Crippen LogP contribution in [0.4, 0.5) is 0 Å². The molecule has 3 nitrogen and oxygen atoms in total. The third-order valence-electron chi connectivity index (χ3n) is 1.80. The summed E-state index contributed by atoms with van der Waals surface area (Å²) in [6.45, 7) is 0. The summed E-state index contributed by atoms with van der Waals surface area (Å²) >= 11 is 1.47. The van der Waals surface area contributed by atoms with E-state index in [1.165, 1.54) is 17.6 Å². The number of hydrogen-bond donors (Lipinski definition) is 1. The van der Waals surface area contributed by atoms with Crippen LogP contribution < -0.4 is 0 Å². The topological polar surface area (TPSA) is 45.5 Å². The molecule has 0 fully saturated rings. The van der Waals surface area contributed by atoms with Crippen molar-refractivity contribution in [3.63, 3.8) is 0 Å². The molecule has 5 heteroatoms. The highest BCUT2D eigenvalue weighted by Crippen LogP contribution is 2.13. The monoisotopic (exact) mass is 264 g/mol. The number of oxime groups is 1. The molecule has 1 N–H and O–H groups in total. The second-order valence-electron chi connectivity index (χ2n) is 2.94. The number of nitrogens with zero attached hydrogens (tertiary/aromatic N) is 2. The van der Waals surface area contributed by atoms with Crippen LogP contribution >= 0.6 is 23.7 Å². The maximum atomic E-state index is 8.37. The number of rotatable bonds is 1. The third-order valence-corrected chi connectivity index (χ3v) is 2.74. The molecule has 0 unspecified atom stereocenters. The van der Waals surface area contributed by atoms with Gasteiger partial charge in [-0.05, 0) is 24.3 Å². The van der Waals surface area contributed by atoms with Crippen LogP contribution in [-0.4, -0.2) is 16.4 Å². The van der Waals surface area contributed by atoms with Crippen LogP contribution in [0.3, 0.4) is 0 Å². The fraction of sp³-hybridized carbons (Fsp3) is 0. The minimum Gasteiger partial charge on any atom is -0.411 e. The number of aromatic nitrogens is 1. The lowest BCUT2D eigenvalue weighted by Gasteiger charge is -1.84. The molecule has 0 amide bonds. The third kappa shape index (κ3) is 3.91. The van der Waals surface area contributed by atoms with Crippen molar-refractivity contribution in [2.45, 2.75) is 0 Å². The molecule has 0 bridgehead atoms. The zero-order chi connectivity index (χ0) is 11.2. The van der Waals surface area contributed by atoms with Gasteiger partial charge in [-0.2, -0.15) is 0 Å². The fourth-order valence-electron chi connectivity index (χ4n) is 1.12. The van der Waals surface area contributed by atoms with E-state index in [2.05, 4.69) is 22.0 Å². The molecule has 0 aliphatic carbocycles. The van der Waals surface area contributed by atoms with E-state index in [1.54, 1.807) is 12.4 Å². The zero-order valence-corrected chi connectivity index (χ0v) is 10.3. The lowest BCUT2D eigenvalue weighted by Crippen LogP contribution is -1.74. The minimum absolute atomic E-state index is 0. The second-order valence-corrected chi connectivity index (χ2v) is 4.05. The summed E-state index contributed by atoms with van der Waals surface area (Å²) in [5, 5.41) is 11.3. The normalized spacial score (nSPS) is 9.41. The minimum atomic E-state index is 0. The molecule has 0 aliphatic heterocycles. The standard InChI is InChI=1S/C12H8N2OS.ClH/c15-14-9-12-6-5-11(16-12)4-3-10-2-1-7-13-8-10;/h1-2,5-9,15H;1H/b14-9-;. The van der Waals surface area contributed by atoms with Crippen LogP contribution in [0.5, 0.6) is 0 Å². The summed E-state index contributed by atoms with van der Waals surface area (Å²) < 4.78 is 0. The van der Waals surface area contributed by atoms with Gasteiger partial charge in [0.2, 0.25) is 0 Å². The first kappa shape index (κ1) is 13.2. The Hall–Kier alpha value is -1.83. The predicted octanol–water partition coefficient (Wildman–Crippen LogP) is 2.77. The zero-order valence-electron chi connectivity index (χ0n) is 8.70. The Balaban J connectivity index is 0.00000144. The van der Waals surface area contributed by atoms with Crippen molar-refractivity contribution in [3.05, 3.63) is 52.0 Å². The average molecular weight is 265 g/mol. The molecule has 0 saturated carbocycles. The lowest BCUT2D eigenvalue weighted by molar-refractivity contribution is 0.322. The Morgan fingerprint density at radius 2 is 2.18 bits per heavy atom. The van der Waals surface area contributed by atoms with E-state index >= 15 is 0 Å². The van der Waals surface area contributed by atoms with Crippen LogP contribution in [0, 0.1) is 11.8 Å². The summed E-state index contributed by atoms with van der Waals surface area (Å²) in [6, 6.07) is 7.51. The summed E-state index contributed by atoms with van der Waals surface area (Å²) in [5.41, 5.74) is 0.883. The van der Waals surface area contributed by atoms with Gasteiger partial charge < -0.3 is 5.21 Å². The van der Waals surface area contributed by atoms with Crippen molar-refractivity contribution < 1.29 is 5.21 Å². The highest BCUT2D eigenvalue weighted by molar-refractivity contribution is 7.14. The Bertz CT molecular complexity index is 555. The van der Waals surface area contributed by atoms with Crippen molar-refractivity contribution in [2.75, 3.05) is 0 Å². The average Bonchev–Trinajstić information content (AvgIpc) is 2.76. The van der Waals surface area contributed by atoms with Crippen molar-refractivity contribution >= 4 is 30.0 Å². The number of thiophene rings is 1. The maximum Gasteiger partial charge on any atom is 0.0834 e. The SMILES string of the molecule is Cl.O/N=C\c1ccc(C#Cc2cccnc2)s1. The first-order valence-electron chi connectivity index (χ1n) is 4.58. The molecular weight excluding hydrogens is 256 g/mol. The molecular formula is C12H9ClN2OS. The molecule has 2 aromatic heterocycles. The van der Waals surface area contributed by atoms with E-state index in [9.17, 15) is 0 Å². The molecule has 0 atom stereocenters. The van der Waals surface area contributed by atoms with Crippen LogP contribution in [0.2, 0.25) is 0 Å². The van der Waals surface area contributed by atoms with Gasteiger partial charge in [0.1, 0.15) is 0 Å². The molecule has 86 valence electrons. The maximum absolute atomic E-state index is 8.37. The van der Waals surface area contributed by atoms with Crippen LogP contribution in [0.15, 0.2) is 41.8 Å². The number of pyridine rings is 1. The smallest absolute Gasteiger partial charge is 0.0834 e. The van der Waals surface area contributed by atoms with Crippen LogP contribution in [-0.2, 0) is 0 Å². The fourth-order valence-corrected chi connectivity index (χ4v) is 1.84. The summed E-state index contributed by atoms with van der Waals surface area (Å²) in [4.78, 5) is 5.78. The second kappa shape index (κ2) is 6.69. The van der Waals surface area contributed by atoms with Gasteiger partial charge in [0.25, 0.3) is 0 Å². The molecule has 0 spiro atoms. The van der Waals surface area contributed by atoms with Crippen molar-refractivity contribution in [2.24, 2.45) is 5.16 Å². The highest BCUT2D eigenvalue weighted by Gasteiger charge is 1.94. The van der Waals surface area contributed by atoms with E-state index in [-0.39, 0.29) is 12.4 Å². The molecule has 2 rings (SSSR count). The van der Waals surface area contributed by atoms with Gasteiger partial charge in [0.15, 0.2) is 0 Å². The Kier molecular flexibility index (Phi) is 5.21. The largest absolute Gasteiger partial charge is 0.411 e. The number of hydrogen-bond acceptors (Lipinski definition) is 4. The van der Waals surface area contributed by atoms with Gasteiger partial charge in [-0.15, -0.1) is 23.7 Å². The van der Waals surface area contributed by atoms with E-state index in [4.69, 9.17) is 5.21 Å². The first-order chi connectivity index (χ1) is 7.88. The van der Waals surface area contributed by atoms with Gasteiger partial charge in [-0.25, -0.2) is 0 Å². The number of halogens is 1. The van der Waals surface area contributed by atoms with E-state index in [0.29, 0.717) is 0 Å². The van der Waals surface area contributed by atoms with Gasteiger partial charge in [0.05, 0.1) is 11.1 Å². The molecule has 0 aromatic carbocycles. The van der Waals surface area contributed by atoms with Crippen molar-refractivity contribution in [3.8, 4) is 11.8 Å². The van der Waals surface area contributed by atoms with Crippen molar-refractivity contribution in [1.29, 1.82) is 0 Å². The van der Waals surface area contributed by atoms with Gasteiger partial charge >= 0.3 is 0 Å². The Morgan fingerprint density at radius 3 is 2.88 bits per heavy atom. The molecule has 17 heavy (non-hydrogen) atoms. The van der Waals surface area contributed by atoms with Crippen LogP contribution in [0.1, 0.15) is 15.3 Å². The van der Waals surface area contributed by atoms with Gasteiger partial charge in [0, 0.05) is 22.8 Å². The summed E-state index contributed by atoms with van der Waals surface area (Å²) in [6.07, 6.45) is 4.82. The highest BCUT2D eigenvalue weighted by atomic mass is 35.5. The van der Waals surface area contributed by atoms with E-state index < -0.39 is 0 Å². The molecule has 2 heterocycles. The van der Waals surface area contributed by atoms with Crippen LogP contribution in [0.25, 0.3) is 0 Å². The Labute approximate surface area is 109 Å². The molecule has 0 saturated heterocycles. The first-order valence-corrected chi connectivity index (χ1v) is 5.39. The molecule has 0 radical (unpaired) electrons. The Morgan fingerprint density at radius 1 is 1.29 bits per heavy atom. The van der Waals surface area contributed by atoms with E-state index in [0.717, 1.165) is 15.3 Å². The van der Waals surface area contributed by atoms with Gasteiger partial charge in [-0.1, -0.05) is 17.0 Å². The van der Waals surface area contributed by atoms with Crippen molar-refractivity contribution in [1.82, 2.24) is 4.98 Å². The summed E-state index contributed by atoms with van der Waals surface area (Å²) in [5.74, 6) is 6.03. The quantitative estimate of drug-likeness (QED) is 0.373.